The van der Waals surface area contributed by atoms with Gasteiger partial charge in [0.25, 0.3) is 0 Å². The lowest BCUT2D eigenvalue weighted by Crippen LogP contribution is -1.98. The molecular formula is C9H12NO. The Morgan fingerprint density at radius 3 is 3.00 bits per heavy atom. The standard InChI is InChI=1S/C9H12NO/c1-2-4-8(3-1)5-9-6-11-7-10-9/h7-8H,1-5H2. The third-order valence-electron chi connectivity index (χ3n) is 2.39. The highest BCUT2D eigenvalue weighted by atomic mass is 16.3. The Morgan fingerprint density at radius 2 is 2.36 bits per heavy atom. The van der Waals surface area contributed by atoms with Gasteiger partial charge in [0.15, 0.2) is 12.7 Å². The average molecular weight is 150 g/mol. The van der Waals surface area contributed by atoms with Crippen molar-refractivity contribution in [1.29, 1.82) is 0 Å². The van der Waals surface area contributed by atoms with Crippen LogP contribution in [0.5, 0.6) is 0 Å². The monoisotopic (exact) mass is 150 g/mol. The zero-order chi connectivity index (χ0) is 7.52. The fraction of sp³-hybridized carbons (Fsp3) is 0.667. The summed E-state index contributed by atoms with van der Waals surface area (Å²) < 4.78 is 4.79. The molecule has 2 nitrogen and oxygen atoms in total. The first-order valence-electron chi connectivity index (χ1n) is 4.25. The lowest BCUT2D eigenvalue weighted by molar-refractivity contribution is 0.525. The Labute approximate surface area is 66.6 Å². The normalized spacial score (nSPS) is 19.3. The highest BCUT2D eigenvalue weighted by molar-refractivity contribution is 4.92. The van der Waals surface area contributed by atoms with Crippen molar-refractivity contribution in [1.82, 2.24) is 4.98 Å². The highest BCUT2D eigenvalue weighted by Gasteiger charge is 2.16. The van der Waals surface area contributed by atoms with E-state index >= 15 is 0 Å². The first-order valence-corrected chi connectivity index (χ1v) is 4.25. The maximum atomic E-state index is 4.79. The van der Waals surface area contributed by atoms with Crippen molar-refractivity contribution in [2.24, 2.45) is 5.92 Å². The summed E-state index contributed by atoms with van der Waals surface area (Å²) in [6.07, 6.45) is 10.8. The van der Waals surface area contributed by atoms with Crippen LogP contribution in [0.2, 0.25) is 0 Å². The molecule has 2 rings (SSSR count). The van der Waals surface area contributed by atoms with E-state index in [0.29, 0.717) is 0 Å². The van der Waals surface area contributed by atoms with Crippen LogP contribution in [0.4, 0.5) is 0 Å². The minimum absolute atomic E-state index is 0.844. The van der Waals surface area contributed by atoms with Gasteiger partial charge in [-0.25, -0.2) is 4.98 Å². The zero-order valence-corrected chi connectivity index (χ0v) is 6.55. The van der Waals surface area contributed by atoms with Crippen LogP contribution in [0, 0.1) is 12.2 Å². The van der Waals surface area contributed by atoms with E-state index < -0.39 is 0 Å². The summed E-state index contributed by atoms with van der Waals surface area (Å²) in [7, 11) is 0. The molecule has 0 spiro atoms. The fourth-order valence-corrected chi connectivity index (χ4v) is 1.79. The number of hydrogen-bond donors (Lipinski definition) is 0. The lowest BCUT2D eigenvalue weighted by Gasteiger charge is -2.03. The van der Waals surface area contributed by atoms with Crippen LogP contribution >= 0.6 is 0 Å². The van der Waals surface area contributed by atoms with Gasteiger partial charge in [0, 0.05) is 0 Å². The minimum Gasteiger partial charge on any atom is -0.440 e. The van der Waals surface area contributed by atoms with Gasteiger partial charge in [-0.1, -0.05) is 25.7 Å². The van der Waals surface area contributed by atoms with Gasteiger partial charge < -0.3 is 4.42 Å². The molecule has 1 saturated carbocycles. The molecule has 0 saturated heterocycles. The van der Waals surface area contributed by atoms with Crippen LogP contribution in [0.3, 0.4) is 0 Å². The molecule has 1 aromatic heterocycles. The second kappa shape index (κ2) is 3.07. The van der Waals surface area contributed by atoms with Crippen LogP contribution in [-0.4, -0.2) is 4.98 Å². The molecule has 59 valence electrons. The second-order valence-electron chi connectivity index (χ2n) is 3.26. The van der Waals surface area contributed by atoms with E-state index in [-0.39, 0.29) is 0 Å². The molecule has 1 radical (unpaired) electrons. The Kier molecular flexibility index (Phi) is 1.93. The van der Waals surface area contributed by atoms with Crippen molar-refractivity contribution in [2.75, 3.05) is 0 Å². The molecule has 0 aromatic carbocycles. The lowest BCUT2D eigenvalue weighted by atomic mass is 10.0. The Balaban J connectivity index is 1.90. The summed E-state index contributed by atoms with van der Waals surface area (Å²) in [6, 6.07) is 0. The van der Waals surface area contributed by atoms with Gasteiger partial charge in [0.05, 0.1) is 5.69 Å². The number of oxazole rings is 1. The third kappa shape index (κ3) is 1.62. The number of hydrogen-bond acceptors (Lipinski definition) is 2. The van der Waals surface area contributed by atoms with E-state index in [4.69, 9.17) is 4.42 Å². The molecule has 0 aliphatic heterocycles. The van der Waals surface area contributed by atoms with Crippen molar-refractivity contribution in [3.05, 3.63) is 18.4 Å². The van der Waals surface area contributed by atoms with Crippen molar-refractivity contribution in [3.8, 4) is 0 Å². The van der Waals surface area contributed by atoms with Gasteiger partial charge in [-0.2, -0.15) is 0 Å². The Bertz CT molecular complexity index is 199. The van der Waals surface area contributed by atoms with Gasteiger partial charge in [0.1, 0.15) is 0 Å². The SMILES string of the molecule is [c]1ocnc1CC1CCCC1. The molecule has 1 aliphatic rings. The molecule has 0 N–H and O–H groups in total. The van der Waals surface area contributed by atoms with Gasteiger partial charge in [-0.15, -0.1) is 0 Å². The quantitative estimate of drug-likeness (QED) is 0.646. The number of aromatic nitrogens is 1. The molecule has 0 unspecified atom stereocenters. The van der Waals surface area contributed by atoms with Crippen molar-refractivity contribution >= 4 is 0 Å². The molecule has 0 amide bonds. The average Bonchev–Trinajstić information content (AvgIpc) is 2.60. The predicted molar refractivity (Wildman–Crippen MR) is 41.0 cm³/mol. The van der Waals surface area contributed by atoms with Gasteiger partial charge in [0.2, 0.25) is 0 Å². The molecule has 0 atom stereocenters. The second-order valence-corrected chi connectivity index (χ2v) is 3.26. The van der Waals surface area contributed by atoms with E-state index in [1.54, 1.807) is 0 Å². The van der Waals surface area contributed by atoms with Gasteiger partial charge in [-0.05, 0) is 12.3 Å². The summed E-state index contributed by atoms with van der Waals surface area (Å²) in [4.78, 5) is 4.06. The largest absolute Gasteiger partial charge is 0.440 e. The maximum absolute atomic E-state index is 4.79. The summed E-state index contributed by atoms with van der Waals surface area (Å²) in [5, 5.41) is 0. The van der Waals surface area contributed by atoms with E-state index in [9.17, 15) is 0 Å². The Morgan fingerprint density at radius 1 is 1.55 bits per heavy atom. The van der Waals surface area contributed by atoms with E-state index in [2.05, 4.69) is 11.2 Å². The zero-order valence-electron chi connectivity index (χ0n) is 6.55. The van der Waals surface area contributed by atoms with Crippen LogP contribution in [0.1, 0.15) is 31.4 Å². The molecule has 1 aromatic rings. The molecule has 11 heavy (non-hydrogen) atoms. The van der Waals surface area contributed by atoms with E-state index in [1.165, 1.54) is 32.1 Å². The van der Waals surface area contributed by atoms with Gasteiger partial charge >= 0.3 is 0 Å². The molecule has 0 bridgehead atoms. The van der Waals surface area contributed by atoms with Crippen LogP contribution in [-0.2, 0) is 6.42 Å². The van der Waals surface area contributed by atoms with E-state index in [0.717, 1.165) is 18.0 Å². The van der Waals surface area contributed by atoms with Crippen LogP contribution in [0.15, 0.2) is 10.8 Å². The number of nitrogens with zero attached hydrogens (tertiary/aromatic N) is 1. The first kappa shape index (κ1) is 6.89. The molecular weight excluding hydrogens is 138 g/mol. The van der Waals surface area contributed by atoms with Gasteiger partial charge in [-0.3, -0.25) is 0 Å². The summed E-state index contributed by atoms with van der Waals surface area (Å²) in [5.41, 5.74) is 0.997. The number of rotatable bonds is 2. The van der Waals surface area contributed by atoms with E-state index in [1.807, 2.05) is 0 Å². The Hall–Kier alpha value is -0.790. The van der Waals surface area contributed by atoms with Crippen LogP contribution in [0.25, 0.3) is 0 Å². The van der Waals surface area contributed by atoms with Crippen molar-refractivity contribution < 1.29 is 4.42 Å². The third-order valence-corrected chi connectivity index (χ3v) is 2.39. The summed E-state index contributed by atoms with van der Waals surface area (Å²) >= 11 is 0. The van der Waals surface area contributed by atoms with Crippen LogP contribution < -0.4 is 0 Å². The van der Waals surface area contributed by atoms with Crippen molar-refractivity contribution in [2.45, 2.75) is 32.1 Å². The molecule has 1 aliphatic carbocycles. The summed E-state index contributed by atoms with van der Waals surface area (Å²) in [5.74, 6) is 0.844. The predicted octanol–water partition coefficient (Wildman–Crippen LogP) is 2.21. The molecule has 1 fully saturated rings. The topological polar surface area (TPSA) is 26.0 Å². The first-order chi connectivity index (χ1) is 5.45. The summed E-state index contributed by atoms with van der Waals surface area (Å²) in [6.45, 7) is 0. The smallest absolute Gasteiger partial charge is 0.194 e. The van der Waals surface area contributed by atoms with Crippen molar-refractivity contribution in [3.63, 3.8) is 0 Å². The maximum Gasteiger partial charge on any atom is 0.194 e. The molecule has 1 heterocycles. The molecule has 2 heteroatoms. The highest BCUT2D eigenvalue weighted by Crippen LogP contribution is 2.27. The fourth-order valence-electron chi connectivity index (χ4n) is 1.79. The minimum atomic E-state index is 0.844.